The van der Waals surface area contributed by atoms with Crippen molar-refractivity contribution in [1.82, 2.24) is 14.9 Å². The number of amides is 2. The third kappa shape index (κ3) is 4.53. The maximum Gasteiger partial charge on any atom is 0.274 e. The molecule has 3 aromatic rings. The highest BCUT2D eigenvalue weighted by Crippen LogP contribution is 2.33. The first-order valence-corrected chi connectivity index (χ1v) is 11.8. The van der Waals surface area contributed by atoms with Crippen LogP contribution < -0.4 is 5.32 Å². The zero-order valence-corrected chi connectivity index (χ0v) is 20.3. The van der Waals surface area contributed by atoms with Gasteiger partial charge in [-0.05, 0) is 24.3 Å². The monoisotopic (exact) mass is 524 g/mol. The van der Waals surface area contributed by atoms with Crippen LogP contribution in [0, 0.1) is 30.0 Å². The Balaban J connectivity index is 1.33. The van der Waals surface area contributed by atoms with Crippen molar-refractivity contribution in [3.8, 4) is 23.5 Å². The molecule has 2 amide bonds. The maximum atomic E-state index is 15.0. The second-order valence-electron chi connectivity index (χ2n) is 8.65. The summed E-state index contributed by atoms with van der Waals surface area (Å²) < 4.78 is 20.4. The Bertz CT molecular complexity index is 1410. The number of nitrogens with zero attached hydrogens (tertiary/aromatic N) is 3. The van der Waals surface area contributed by atoms with Crippen LogP contribution in [0.5, 0.6) is 0 Å². The largest absolute Gasteiger partial charge is 0.381 e. The van der Waals surface area contributed by atoms with Gasteiger partial charge in [0.25, 0.3) is 11.8 Å². The van der Waals surface area contributed by atoms with Gasteiger partial charge in [0, 0.05) is 48.4 Å². The van der Waals surface area contributed by atoms with E-state index in [4.69, 9.17) is 34.4 Å². The van der Waals surface area contributed by atoms with E-state index in [2.05, 4.69) is 21.2 Å². The van der Waals surface area contributed by atoms with E-state index in [0.29, 0.717) is 49.3 Å². The number of halogens is 3. The molecule has 0 unspecified atom stereocenters. The topological polar surface area (TPSA) is 84.4 Å². The molecule has 2 aliphatic rings. The van der Waals surface area contributed by atoms with E-state index in [-0.39, 0.29) is 38.5 Å². The molecule has 2 aromatic heterocycles. The van der Waals surface area contributed by atoms with E-state index >= 15 is 0 Å². The number of terminal acetylenes is 1. The van der Waals surface area contributed by atoms with Crippen LogP contribution in [-0.2, 0) is 4.74 Å². The van der Waals surface area contributed by atoms with Gasteiger partial charge in [-0.25, -0.2) is 9.37 Å². The zero-order chi connectivity index (χ0) is 25.4. The van der Waals surface area contributed by atoms with E-state index in [0.717, 1.165) is 6.07 Å². The number of rotatable bonds is 4. The highest BCUT2D eigenvalue weighted by atomic mass is 35.5. The number of fused-ring (bicyclic) bond motifs is 1. The molecule has 2 aliphatic heterocycles. The van der Waals surface area contributed by atoms with Gasteiger partial charge in [0.2, 0.25) is 0 Å². The number of carbonyl (C=O) groups is 2. The average molecular weight is 525 g/mol. The van der Waals surface area contributed by atoms with Crippen molar-refractivity contribution in [3.63, 3.8) is 0 Å². The van der Waals surface area contributed by atoms with Crippen molar-refractivity contribution in [2.45, 2.75) is 0 Å². The molecular weight excluding hydrogens is 506 g/mol. The molecule has 0 spiro atoms. The average Bonchev–Trinajstić information content (AvgIpc) is 3.47. The second-order valence-corrected chi connectivity index (χ2v) is 9.47. The fraction of sp³-hybridized carbons (Fsp3) is 0.231. The molecule has 1 aromatic carbocycles. The number of benzene rings is 1. The number of anilines is 1. The van der Waals surface area contributed by atoms with Crippen molar-refractivity contribution in [2.75, 3.05) is 31.6 Å². The van der Waals surface area contributed by atoms with E-state index in [1.807, 2.05) is 0 Å². The molecule has 0 radical (unpaired) electrons. The molecule has 1 N–H and O–H groups in total. The molecule has 0 aliphatic carbocycles. The fourth-order valence-electron chi connectivity index (χ4n) is 4.54. The maximum absolute atomic E-state index is 15.0. The van der Waals surface area contributed by atoms with Gasteiger partial charge in [-0.1, -0.05) is 29.1 Å². The second kappa shape index (κ2) is 9.86. The van der Waals surface area contributed by atoms with Crippen LogP contribution in [0.3, 0.4) is 0 Å². The SMILES string of the molecule is C#Cc1cnccc1-c1cc(Cl)c(C(=O)Nc2cnc(C(=O)N3C[C@H]4COC[C@H]4C3)c(Cl)c2)cc1F. The summed E-state index contributed by atoms with van der Waals surface area (Å²) in [5.41, 5.74) is 1.23. The van der Waals surface area contributed by atoms with Gasteiger partial charge < -0.3 is 15.0 Å². The molecular formula is C26H19Cl2FN4O3. The standard InChI is InChI=1S/C26H19Cl2FN4O3/c1-2-14-8-30-4-3-18(14)19-6-21(27)20(7-23(19)29)25(34)32-17-5-22(28)24(31-9-17)26(35)33-10-15-12-36-13-16(15)11-33/h1,3-9,15-16H,10-13H2,(H,32,34)/t15-,16+. The first kappa shape index (κ1) is 24.2. The molecule has 36 heavy (non-hydrogen) atoms. The third-order valence-electron chi connectivity index (χ3n) is 6.40. The Morgan fingerprint density at radius 3 is 2.56 bits per heavy atom. The summed E-state index contributed by atoms with van der Waals surface area (Å²) >= 11 is 12.7. The number of hydrogen-bond acceptors (Lipinski definition) is 5. The molecule has 2 fully saturated rings. The van der Waals surface area contributed by atoms with Crippen molar-refractivity contribution < 1.29 is 18.7 Å². The number of aromatic nitrogens is 2. The minimum atomic E-state index is -0.676. The third-order valence-corrected chi connectivity index (χ3v) is 7.00. The Kier molecular flexibility index (Phi) is 6.63. The molecule has 0 bridgehead atoms. The van der Waals surface area contributed by atoms with Crippen molar-refractivity contribution in [3.05, 3.63) is 75.5 Å². The summed E-state index contributed by atoms with van der Waals surface area (Å²) in [7, 11) is 0. The van der Waals surface area contributed by atoms with Gasteiger partial charge in [0.15, 0.2) is 0 Å². The summed E-state index contributed by atoms with van der Waals surface area (Å²) in [6, 6.07) is 5.37. The first-order chi connectivity index (χ1) is 17.4. The van der Waals surface area contributed by atoms with Crippen LogP contribution in [0.4, 0.5) is 10.1 Å². The van der Waals surface area contributed by atoms with E-state index < -0.39 is 11.7 Å². The van der Waals surface area contributed by atoms with Gasteiger partial charge in [0.05, 0.1) is 46.3 Å². The molecule has 2 saturated heterocycles. The smallest absolute Gasteiger partial charge is 0.274 e. The lowest BCUT2D eigenvalue weighted by Crippen LogP contribution is -2.31. The number of ether oxygens (including phenoxy) is 1. The van der Waals surface area contributed by atoms with Gasteiger partial charge in [-0.15, -0.1) is 6.42 Å². The lowest BCUT2D eigenvalue weighted by Gasteiger charge is -2.18. The first-order valence-electron chi connectivity index (χ1n) is 11.1. The lowest BCUT2D eigenvalue weighted by molar-refractivity contribution is 0.0745. The predicted molar refractivity (Wildman–Crippen MR) is 133 cm³/mol. The van der Waals surface area contributed by atoms with Crippen molar-refractivity contribution >= 4 is 40.7 Å². The Hall–Kier alpha value is -3.51. The van der Waals surface area contributed by atoms with E-state index in [1.165, 1.54) is 30.7 Å². The molecule has 0 saturated carbocycles. The molecule has 7 nitrogen and oxygen atoms in total. The van der Waals surface area contributed by atoms with Crippen LogP contribution in [-0.4, -0.2) is 53.0 Å². The highest BCUT2D eigenvalue weighted by Gasteiger charge is 2.39. The number of hydrogen-bond donors (Lipinski definition) is 1. The summed E-state index contributed by atoms with van der Waals surface area (Å²) in [5.74, 6) is 1.51. The van der Waals surface area contributed by atoms with Gasteiger partial charge in [0.1, 0.15) is 11.5 Å². The molecule has 5 rings (SSSR count). The molecule has 4 heterocycles. The Morgan fingerprint density at radius 1 is 1.11 bits per heavy atom. The van der Waals surface area contributed by atoms with Gasteiger partial charge in [-0.2, -0.15) is 0 Å². The molecule has 10 heteroatoms. The normalized spacial score (nSPS) is 18.6. The van der Waals surface area contributed by atoms with Crippen molar-refractivity contribution in [2.24, 2.45) is 11.8 Å². The lowest BCUT2D eigenvalue weighted by atomic mass is 10.00. The fourth-order valence-corrected chi connectivity index (χ4v) is 5.03. The minimum Gasteiger partial charge on any atom is -0.381 e. The highest BCUT2D eigenvalue weighted by molar-refractivity contribution is 6.35. The van der Waals surface area contributed by atoms with Gasteiger partial charge in [-0.3, -0.25) is 14.6 Å². The summed E-state index contributed by atoms with van der Waals surface area (Å²) in [6.45, 7) is 2.50. The van der Waals surface area contributed by atoms with Crippen LogP contribution in [0.2, 0.25) is 10.0 Å². The van der Waals surface area contributed by atoms with Crippen molar-refractivity contribution in [1.29, 1.82) is 0 Å². The quantitative estimate of drug-likeness (QED) is 0.506. The van der Waals surface area contributed by atoms with E-state index in [9.17, 15) is 14.0 Å². The Morgan fingerprint density at radius 2 is 1.86 bits per heavy atom. The van der Waals surface area contributed by atoms with Crippen LogP contribution in [0.15, 0.2) is 42.9 Å². The number of carbonyl (C=O) groups excluding carboxylic acids is 2. The Labute approximate surface area is 216 Å². The number of likely N-dealkylation sites (tertiary alicyclic amines) is 1. The summed E-state index contributed by atoms with van der Waals surface area (Å²) in [4.78, 5) is 35.6. The summed E-state index contributed by atoms with van der Waals surface area (Å²) in [5, 5.41) is 2.72. The number of nitrogens with one attached hydrogen (secondary N) is 1. The minimum absolute atomic E-state index is 0.0260. The van der Waals surface area contributed by atoms with Crippen LogP contribution in [0.25, 0.3) is 11.1 Å². The van der Waals surface area contributed by atoms with Crippen LogP contribution >= 0.6 is 23.2 Å². The number of pyridine rings is 2. The summed E-state index contributed by atoms with van der Waals surface area (Å²) in [6.07, 6.45) is 9.74. The van der Waals surface area contributed by atoms with E-state index in [1.54, 1.807) is 11.0 Å². The van der Waals surface area contributed by atoms with Gasteiger partial charge >= 0.3 is 0 Å². The molecule has 182 valence electrons. The zero-order valence-electron chi connectivity index (χ0n) is 18.8. The predicted octanol–water partition coefficient (Wildman–Crippen LogP) is 4.54. The van der Waals surface area contributed by atoms with Crippen LogP contribution in [0.1, 0.15) is 26.4 Å². The molecule has 2 atom stereocenters.